The molecule has 3 aromatic rings. The SMILES string of the molecule is CCOc1cc(/C=C2\S[C@@H](Nc3ccc(CC)cc3)NC2=O)cc(Br)c1OCc1ccc(C(=O)O)cc1. The molecule has 3 N–H and O–H groups in total. The number of carboxylic acids is 1. The summed E-state index contributed by atoms with van der Waals surface area (Å²) in [6, 6.07) is 18.4. The van der Waals surface area contributed by atoms with Crippen molar-refractivity contribution in [2.45, 2.75) is 32.4 Å². The topological polar surface area (TPSA) is 96.9 Å². The van der Waals surface area contributed by atoms with Gasteiger partial charge in [0.25, 0.3) is 5.91 Å². The fourth-order valence-corrected chi connectivity index (χ4v) is 5.24. The third-order valence-electron chi connectivity index (χ3n) is 5.60. The largest absolute Gasteiger partial charge is 0.490 e. The minimum atomic E-state index is -0.972. The van der Waals surface area contributed by atoms with Crippen molar-refractivity contribution in [3.8, 4) is 11.5 Å². The number of amides is 1. The Labute approximate surface area is 228 Å². The predicted molar refractivity (Wildman–Crippen MR) is 150 cm³/mol. The van der Waals surface area contributed by atoms with Crippen LogP contribution in [0.5, 0.6) is 11.5 Å². The number of halogens is 1. The Morgan fingerprint density at radius 2 is 1.78 bits per heavy atom. The van der Waals surface area contributed by atoms with Gasteiger partial charge in [0.15, 0.2) is 17.0 Å². The summed E-state index contributed by atoms with van der Waals surface area (Å²) in [4.78, 5) is 24.3. The summed E-state index contributed by atoms with van der Waals surface area (Å²) in [6.45, 7) is 4.68. The average Bonchev–Trinajstić information content (AvgIpc) is 3.22. The maximum atomic E-state index is 12.6. The summed E-state index contributed by atoms with van der Waals surface area (Å²) in [5.41, 5.74) is 3.77. The van der Waals surface area contributed by atoms with Crippen LogP contribution in [0.1, 0.15) is 40.9 Å². The van der Waals surface area contributed by atoms with Gasteiger partial charge in [-0.05, 0) is 88.4 Å². The number of rotatable bonds is 10. The maximum absolute atomic E-state index is 12.6. The van der Waals surface area contributed by atoms with Gasteiger partial charge in [0.1, 0.15) is 6.61 Å². The molecule has 1 aliphatic rings. The summed E-state index contributed by atoms with van der Waals surface area (Å²) in [5, 5.41) is 15.4. The molecule has 0 radical (unpaired) electrons. The number of ether oxygens (including phenoxy) is 2. The molecule has 1 heterocycles. The molecule has 1 aliphatic heterocycles. The zero-order valence-corrected chi connectivity index (χ0v) is 22.8. The highest BCUT2D eigenvalue weighted by molar-refractivity contribution is 9.10. The second-order valence-corrected chi connectivity index (χ2v) is 10.2. The standard InChI is InChI=1S/C28H27BrN2O5S/c1-3-17-7-11-21(12-8-17)30-28-31-26(32)24(37-28)15-19-13-22(29)25(23(14-19)35-4-2)36-16-18-5-9-20(10-6-18)27(33)34/h5-15,28,30H,3-4,16H2,1-2H3,(H,31,32)(H,33,34)/b24-15-/t28-/m0/s1. The first-order valence-corrected chi connectivity index (χ1v) is 13.5. The van der Waals surface area contributed by atoms with E-state index in [2.05, 4.69) is 45.6 Å². The number of carbonyl (C=O) groups excluding carboxylic acids is 1. The van der Waals surface area contributed by atoms with Crippen LogP contribution in [-0.2, 0) is 17.8 Å². The van der Waals surface area contributed by atoms with Gasteiger partial charge >= 0.3 is 5.97 Å². The molecule has 0 unspecified atom stereocenters. The quantitative estimate of drug-likeness (QED) is 0.242. The molecule has 1 amide bonds. The lowest BCUT2D eigenvalue weighted by Crippen LogP contribution is -2.30. The summed E-state index contributed by atoms with van der Waals surface area (Å²) in [7, 11) is 0. The van der Waals surface area contributed by atoms with E-state index >= 15 is 0 Å². The Morgan fingerprint density at radius 3 is 2.43 bits per heavy atom. The van der Waals surface area contributed by atoms with Crippen molar-refractivity contribution < 1.29 is 24.2 Å². The second-order valence-electron chi connectivity index (χ2n) is 8.23. The Bertz CT molecular complexity index is 1310. The predicted octanol–water partition coefficient (Wildman–Crippen LogP) is 6.29. The molecule has 0 saturated carbocycles. The lowest BCUT2D eigenvalue weighted by Gasteiger charge is -2.15. The number of hydrogen-bond donors (Lipinski definition) is 3. The minimum absolute atomic E-state index is 0.146. The van der Waals surface area contributed by atoms with Crippen LogP contribution in [0.4, 0.5) is 5.69 Å². The molecule has 1 fully saturated rings. The molecule has 0 bridgehead atoms. The van der Waals surface area contributed by atoms with E-state index in [0.29, 0.717) is 27.5 Å². The third-order valence-corrected chi connectivity index (χ3v) is 7.22. The van der Waals surface area contributed by atoms with Gasteiger partial charge in [-0.25, -0.2) is 4.79 Å². The fourth-order valence-electron chi connectivity index (χ4n) is 3.68. The number of aromatic carboxylic acids is 1. The van der Waals surface area contributed by atoms with Gasteiger partial charge in [0, 0.05) is 5.69 Å². The van der Waals surface area contributed by atoms with Crippen LogP contribution < -0.4 is 20.1 Å². The normalized spacial score (nSPS) is 15.9. The van der Waals surface area contributed by atoms with Gasteiger partial charge in [-0.2, -0.15) is 0 Å². The molecule has 192 valence electrons. The molecule has 0 spiro atoms. The number of nitrogens with one attached hydrogen (secondary N) is 2. The molecule has 4 rings (SSSR count). The van der Waals surface area contributed by atoms with Gasteiger partial charge < -0.3 is 25.2 Å². The first kappa shape index (κ1) is 26.6. The maximum Gasteiger partial charge on any atom is 0.335 e. The lowest BCUT2D eigenvalue weighted by molar-refractivity contribution is -0.116. The first-order valence-electron chi connectivity index (χ1n) is 11.8. The average molecular weight is 584 g/mol. The van der Waals surface area contributed by atoms with E-state index in [1.165, 1.54) is 17.3 Å². The first-order chi connectivity index (χ1) is 17.9. The Balaban J connectivity index is 1.47. The van der Waals surface area contributed by atoms with Crippen LogP contribution >= 0.6 is 27.7 Å². The Kier molecular flexibility index (Phi) is 8.78. The van der Waals surface area contributed by atoms with Gasteiger partial charge in [0.05, 0.1) is 21.5 Å². The zero-order chi connectivity index (χ0) is 26.4. The number of carboxylic acid groups (broad SMARTS) is 1. The molecular formula is C28H27BrN2O5S. The number of anilines is 1. The summed E-state index contributed by atoms with van der Waals surface area (Å²) < 4.78 is 12.5. The van der Waals surface area contributed by atoms with E-state index in [1.807, 2.05) is 37.3 Å². The van der Waals surface area contributed by atoms with E-state index < -0.39 is 5.97 Å². The van der Waals surface area contributed by atoms with Crippen molar-refractivity contribution in [3.05, 3.63) is 92.3 Å². The summed E-state index contributed by atoms with van der Waals surface area (Å²) in [5.74, 6) is -0.0443. The fraction of sp³-hybridized carbons (Fsp3) is 0.214. The monoisotopic (exact) mass is 582 g/mol. The smallest absolute Gasteiger partial charge is 0.335 e. The van der Waals surface area contributed by atoms with Crippen molar-refractivity contribution in [1.82, 2.24) is 5.32 Å². The van der Waals surface area contributed by atoms with E-state index in [0.717, 1.165) is 23.2 Å². The van der Waals surface area contributed by atoms with Crippen LogP contribution in [0.15, 0.2) is 70.0 Å². The van der Waals surface area contributed by atoms with Crippen molar-refractivity contribution >= 4 is 51.3 Å². The Morgan fingerprint density at radius 1 is 1.08 bits per heavy atom. The van der Waals surface area contributed by atoms with Crippen LogP contribution in [0.3, 0.4) is 0 Å². The zero-order valence-electron chi connectivity index (χ0n) is 20.4. The number of hydrogen-bond acceptors (Lipinski definition) is 6. The van der Waals surface area contributed by atoms with Gasteiger partial charge in [-0.15, -0.1) is 0 Å². The lowest BCUT2D eigenvalue weighted by atomic mass is 10.1. The van der Waals surface area contributed by atoms with Crippen LogP contribution in [0.2, 0.25) is 0 Å². The molecule has 37 heavy (non-hydrogen) atoms. The third kappa shape index (κ3) is 6.87. The number of benzene rings is 3. The molecule has 0 aromatic heterocycles. The van der Waals surface area contributed by atoms with Crippen molar-refractivity contribution in [2.75, 3.05) is 11.9 Å². The minimum Gasteiger partial charge on any atom is -0.490 e. The Hall–Kier alpha value is -3.43. The second kappa shape index (κ2) is 12.2. The van der Waals surface area contributed by atoms with Gasteiger partial charge in [-0.1, -0.05) is 43.0 Å². The van der Waals surface area contributed by atoms with Crippen LogP contribution in [0.25, 0.3) is 6.08 Å². The van der Waals surface area contributed by atoms with E-state index in [4.69, 9.17) is 14.6 Å². The van der Waals surface area contributed by atoms with Crippen LogP contribution in [-0.4, -0.2) is 29.1 Å². The number of aryl methyl sites for hydroxylation is 1. The van der Waals surface area contributed by atoms with E-state index in [1.54, 1.807) is 24.3 Å². The van der Waals surface area contributed by atoms with Crippen molar-refractivity contribution in [1.29, 1.82) is 0 Å². The van der Waals surface area contributed by atoms with Gasteiger partial charge in [-0.3, -0.25) is 4.79 Å². The molecule has 7 nitrogen and oxygen atoms in total. The number of carbonyl (C=O) groups is 2. The van der Waals surface area contributed by atoms with E-state index in [-0.39, 0.29) is 23.6 Å². The molecule has 0 aliphatic carbocycles. The summed E-state index contributed by atoms with van der Waals surface area (Å²) in [6.07, 6.45) is 2.80. The number of thioether (sulfide) groups is 1. The highest BCUT2D eigenvalue weighted by Crippen LogP contribution is 2.39. The molecule has 1 saturated heterocycles. The molecule has 1 atom stereocenters. The van der Waals surface area contributed by atoms with E-state index in [9.17, 15) is 9.59 Å². The van der Waals surface area contributed by atoms with Crippen LogP contribution in [0, 0.1) is 0 Å². The van der Waals surface area contributed by atoms with Gasteiger partial charge in [0.2, 0.25) is 0 Å². The highest BCUT2D eigenvalue weighted by Gasteiger charge is 2.27. The van der Waals surface area contributed by atoms with Crippen molar-refractivity contribution in [2.24, 2.45) is 0 Å². The summed E-state index contributed by atoms with van der Waals surface area (Å²) >= 11 is 4.99. The molecular weight excluding hydrogens is 556 g/mol. The van der Waals surface area contributed by atoms with Crippen molar-refractivity contribution in [3.63, 3.8) is 0 Å². The highest BCUT2D eigenvalue weighted by atomic mass is 79.9. The molecule has 3 aromatic carbocycles. The molecule has 9 heteroatoms.